The van der Waals surface area contributed by atoms with Crippen molar-refractivity contribution in [2.24, 2.45) is 0 Å². The highest BCUT2D eigenvalue weighted by Crippen LogP contribution is 2.45. The molecule has 3 aromatic rings. The van der Waals surface area contributed by atoms with E-state index in [1.54, 1.807) is 0 Å². The fourth-order valence-corrected chi connectivity index (χ4v) is 3.44. The summed E-state index contributed by atoms with van der Waals surface area (Å²) in [5.41, 5.74) is -9.47. The van der Waals surface area contributed by atoms with E-state index >= 15 is 0 Å². The fourth-order valence-electron chi connectivity index (χ4n) is 3.17. The lowest BCUT2D eigenvalue weighted by Crippen LogP contribution is -2.18. The molecule has 0 amide bonds. The van der Waals surface area contributed by atoms with Crippen LogP contribution in [0.5, 0.6) is 0 Å². The van der Waals surface area contributed by atoms with Crippen LogP contribution < -0.4 is 4.90 Å². The van der Waals surface area contributed by atoms with Gasteiger partial charge in [-0.25, -0.2) is 0 Å². The Balaban J connectivity index is 2.42. The maximum Gasteiger partial charge on any atom is 0.416 e. The average molecular weight is 596 g/mol. The Labute approximate surface area is 203 Å². The summed E-state index contributed by atoms with van der Waals surface area (Å²) in [4.78, 5) is 0.446. The van der Waals surface area contributed by atoms with Crippen molar-refractivity contribution in [1.82, 2.24) is 0 Å². The topological polar surface area (TPSA) is 3.24 Å². The predicted octanol–water partition coefficient (Wildman–Crippen LogP) is 9.99. The van der Waals surface area contributed by atoms with Gasteiger partial charge in [-0.1, -0.05) is 15.9 Å². The van der Waals surface area contributed by atoms with Crippen LogP contribution in [0.3, 0.4) is 0 Å². The standard InChI is InChI=1S/C22H10BrF12N/c23-15-1-3-16(4-2-15)36(17-7-11(19(24,25)26)5-12(8-17)20(27,28)29)18-9-13(21(30,31)32)6-14(10-18)22(33,34)35/h1-10H. The van der Waals surface area contributed by atoms with Crippen molar-refractivity contribution in [3.05, 3.63) is 87.4 Å². The van der Waals surface area contributed by atoms with Gasteiger partial charge in [-0.2, -0.15) is 52.7 Å². The Morgan fingerprint density at radius 3 is 0.944 bits per heavy atom. The van der Waals surface area contributed by atoms with Gasteiger partial charge in [0.1, 0.15) is 0 Å². The smallest absolute Gasteiger partial charge is 0.310 e. The van der Waals surface area contributed by atoms with Gasteiger partial charge in [0.15, 0.2) is 0 Å². The predicted molar refractivity (Wildman–Crippen MR) is 109 cm³/mol. The lowest BCUT2D eigenvalue weighted by molar-refractivity contribution is -0.144. The van der Waals surface area contributed by atoms with Crippen molar-refractivity contribution in [2.75, 3.05) is 4.90 Å². The van der Waals surface area contributed by atoms with E-state index in [9.17, 15) is 52.7 Å². The van der Waals surface area contributed by atoms with Crippen LogP contribution >= 0.6 is 15.9 Å². The molecule has 0 radical (unpaired) electrons. The van der Waals surface area contributed by atoms with E-state index in [1.807, 2.05) is 0 Å². The maximum absolute atomic E-state index is 13.4. The molecule has 0 saturated carbocycles. The summed E-state index contributed by atoms with van der Waals surface area (Å²) in [6.45, 7) is 0. The highest BCUT2D eigenvalue weighted by Gasteiger charge is 2.40. The zero-order valence-corrected chi connectivity index (χ0v) is 18.7. The molecular weight excluding hydrogens is 586 g/mol. The van der Waals surface area contributed by atoms with Crippen molar-refractivity contribution in [2.45, 2.75) is 24.7 Å². The molecule has 0 aliphatic heterocycles. The Morgan fingerprint density at radius 2 is 0.694 bits per heavy atom. The van der Waals surface area contributed by atoms with E-state index in [0.29, 0.717) is 9.37 Å². The number of alkyl halides is 12. The van der Waals surface area contributed by atoms with E-state index in [0.717, 1.165) is 12.1 Å². The first-order chi connectivity index (χ1) is 16.3. The van der Waals surface area contributed by atoms with Gasteiger partial charge < -0.3 is 4.90 Å². The summed E-state index contributed by atoms with van der Waals surface area (Å²) in [6, 6.07) is 5.05. The van der Waals surface area contributed by atoms with Crippen LogP contribution in [0.15, 0.2) is 65.1 Å². The first-order valence-corrected chi connectivity index (χ1v) is 10.2. The van der Waals surface area contributed by atoms with Gasteiger partial charge in [0, 0.05) is 21.5 Å². The molecule has 0 spiro atoms. The first-order valence-electron chi connectivity index (χ1n) is 9.41. The van der Waals surface area contributed by atoms with Crippen LogP contribution in [0.1, 0.15) is 22.3 Å². The second kappa shape index (κ2) is 9.20. The lowest BCUT2D eigenvalue weighted by Gasteiger charge is -2.28. The maximum atomic E-state index is 13.4. The van der Waals surface area contributed by atoms with Gasteiger partial charge >= 0.3 is 24.7 Å². The molecule has 0 unspecified atom stereocenters. The van der Waals surface area contributed by atoms with Crippen LogP contribution in [0.25, 0.3) is 0 Å². The molecule has 0 aliphatic rings. The summed E-state index contributed by atoms with van der Waals surface area (Å²) < 4.78 is 161. The van der Waals surface area contributed by atoms with Crippen molar-refractivity contribution in [3.8, 4) is 0 Å². The van der Waals surface area contributed by atoms with Gasteiger partial charge in [0.25, 0.3) is 0 Å². The highest BCUT2D eigenvalue weighted by atomic mass is 79.9. The molecule has 1 nitrogen and oxygen atoms in total. The SMILES string of the molecule is FC(F)(F)c1cc(N(c2ccc(Br)cc2)c2cc(C(F)(F)F)cc(C(F)(F)F)c2)cc(C(F)(F)F)c1. The van der Waals surface area contributed by atoms with Crippen molar-refractivity contribution < 1.29 is 52.7 Å². The molecular formula is C22H10BrF12N. The monoisotopic (exact) mass is 595 g/mol. The molecule has 0 bridgehead atoms. The van der Waals surface area contributed by atoms with Crippen LogP contribution in [-0.2, 0) is 24.7 Å². The molecule has 0 aromatic heterocycles. The van der Waals surface area contributed by atoms with Crippen LogP contribution in [0, 0.1) is 0 Å². The molecule has 0 atom stereocenters. The number of benzene rings is 3. The number of hydrogen-bond acceptors (Lipinski definition) is 1. The number of halogens is 13. The van der Waals surface area contributed by atoms with E-state index < -0.39 is 58.3 Å². The molecule has 3 aromatic carbocycles. The third-order valence-electron chi connectivity index (χ3n) is 4.75. The van der Waals surface area contributed by atoms with Crippen LogP contribution in [0.4, 0.5) is 69.7 Å². The summed E-state index contributed by atoms with van der Waals surface area (Å²) in [5.74, 6) is 0. The molecule has 14 heteroatoms. The summed E-state index contributed by atoms with van der Waals surface area (Å²) in [7, 11) is 0. The molecule has 0 saturated heterocycles. The Bertz CT molecular complexity index is 1100. The van der Waals surface area contributed by atoms with Crippen molar-refractivity contribution in [1.29, 1.82) is 0 Å². The Hall–Kier alpha value is -2.90. The third-order valence-corrected chi connectivity index (χ3v) is 5.27. The number of rotatable bonds is 3. The number of nitrogens with zero attached hydrogens (tertiary/aromatic N) is 1. The second-order valence-corrected chi connectivity index (χ2v) is 8.26. The average Bonchev–Trinajstić information content (AvgIpc) is 2.72. The highest BCUT2D eigenvalue weighted by molar-refractivity contribution is 9.10. The van der Waals surface area contributed by atoms with Crippen LogP contribution in [-0.4, -0.2) is 0 Å². The van der Waals surface area contributed by atoms with E-state index in [-0.39, 0.29) is 42.1 Å². The molecule has 0 fully saturated rings. The summed E-state index contributed by atoms with van der Waals surface area (Å²) >= 11 is 3.04. The van der Waals surface area contributed by atoms with Gasteiger partial charge in [0.05, 0.1) is 22.3 Å². The molecule has 0 N–H and O–H groups in total. The summed E-state index contributed by atoms with van der Waals surface area (Å²) in [5, 5.41) is 0. The first kappa shape index (κ1) is 27.7. The molecule has 0 heterocycles. The van der Waals surface area contributed by atoms with Crippen molar-refractivity contribution in [3.63, 3.8) is 0 Å². The number of hydrogen-bond donors (Lipinski definition) is 0. The minimum absolute atomic E-state index is 0.199. The van der Waals surface area contributed by atoms with Gasteiger partial charge in [0.2, 0.25) is 0 Å². The van der Waals surface area contributed by atoms with E-state index in [4.69, 9.17) is 0 Å². The zero-order chi connectivity index (χ0) is 27.3. The minimum Gasteiger partial charge on any atom is -0.310 e. The fraction of sp³-hybridized carbons (Fsp3) is 0.182. The van der Waals surface area contributed by atoms with Crippen molar-refractivity contribution >= 4 is 33.0 Å². The van der Waals surface area contributed by atoms with Gasteiger partial charge in [-0.3, -0.25) is 0 Å². The summed E-state index contributed by atoms with van der Waals surface area (Å²) in [6.07, 6.45) is -21.3. The molecule has 0 aliphatic carbocycles. The van der Waals surface area contributed by atoms with E-state index in [1.165, 1.54) is 12.1 Å². The van der Waals surface area contributed by atoms with E-state index in [2.05, 4.69) is 15.9 Å². The normalized spacial score (nSPS) is 13.1. The largest absolute Gasteiger partial charge is 0.416 e. The van der Waals surface area contributed by atoms with Crippen LogP contribution in [0.2, 0.25) is 0 Å². The molecule has 194 valence electrons. The molecule has 36 heavy (non-hydrogen) atoms. The number of anilines is 3. The Kier molecular flexibility index (Phi) is 7.07. The Morgan fingerprint density at radius 1 is 0.417 bits per heavy atom. The quantitative estimate of drug-likeness (QED) is 0.272. The zero-order valence-electron chi connectivity index (χ0n) is 17.1. The molecule has 3 rings (SSSR count). The minimum atomic E-state index is -5.31. The van der Waals surface area contributed by atoms with Gasteiger partial charge in [-0.15, -0.1) is 0 Å². The third kappa shape index (κ3) is 6.26. The van der Waals surface area contributed by atoms with Gasteiger partial charge in [-0.05, 0) is 60.7 Å². The second-order valence-electron chi connectivity index (χ2n) is 7.34. The lowest BCUT2D eigenvalue weighted by atomic mass is 10.0.